The van der Waals surface area contributed by atoms with Crippen molar-refractivity contribution in [1.82, 2.24) is 9.97 Å². The molecule has 0 atom stereocenters. The third-order valence-electron chi connectivity index (χ3n) is 3.55. The number of nitrogens with one attached hydrogen (secondary N) is 2. The first-order valence-corrected chi connectivity index (χ1v) is 8.95. The molecule has 5 nitrogen and oxygen atoms in total. The summed E-state index contributed by atoms with van der Waals surface area (Å²) < 4.78 is 0. The van der Waals surface area contributed by atoms with Crippen molar-refractivity contribution >= 4 is 28.2 Å². The second-order valence-corrected chi connectivity index (χ2v) is 7.17. The van der Waals surface area contributed by atoms with Crippen molar-refractivity contribution in [2.45, 2.75) is 20.3 Å². The second kappa shape index (κ2) is 7.90. The van der Waals surface area contributed by atoms with Crippen LogP contribution in [0.1, 0.15) is 19.4 Å². The van der Waals surface area contributed by atoms with E-state index in [1.807, 2.05) is 36.4 Å². The second-order valence-electron chi connectivity index (χ2n) is 6.14. The number of hydrogen-bond acceptors (Lipinski definition) is 4. The summed E-state index contributed by atoms with van der Waals surface area (Å²) in [5.74, 6) is 0.613. The van der Waals surface area contributed by atoms with Crippen LogP contribution in [0.25, 0.3) is 10.4 Å². The maximum absolute atomic E-state index is 12.1. The van der Waals surface area contributed by atoms with Gasteiger partial charge in [-0.05, 0) is 47.7 Å². The molecule has 2 aromatic heterocycles. The van der Waals surface area contributed by atoms with E-state index in [0.29, 0.717) is 11.0 Å². The van der Waals surface area contributed by atoms with Gasteiger partial charge in [-0.1, -0.05) is 37.3 Å². The zero-order valence-corrected chi connectivity index (χ0v) is 15.0. The summed E-state index contributed by atoms with van der Waals surface area (Å²) in [6.45, 7) is 4.38. The fourth-order valence-electron chi connectivity index (χ4n) is 2.44. The van der Waals surface area contributed by atoms with Gasteiger partial charge in [0.1, 0.15) is 0 Å². The highest BCUT2D eigenvalue weighted by Gasteiger charge is 2.08. The van der Waals surface area contributed by atoms with Gasteiger partial charge >= 0.3 is 6.03 Å². The summed E-state index contributed by atoms with van der Waals surface area (Å²) in [5.41, 5.74) is 3.06. The molecule has 1 aromatic carbocycles. The van der Waals surface area contributed by atoms with Crippen molar-refractivity contribution in [3.05, 3.63) is 60.6 Å². The minimum Gasteiger partial charge on any atom is -0.308 e. The zero-order chi connectivity index (χ0) is 17.6. The Balaban J connectivity index is 1.58. The quantitative estimate of drug-likeness (QED) is 0.675. The van der Waals surface area contributed by atoms with Crippen LogP contribution >= 0.6 is 11.3 Å². The largest absolute Gasteiger partial charge is 0.325 e. The minimum absolute atomic E-state index is 0.299. The first kappa shape index (κ1) is 17.1. The van der Waals surface area contributed by atoms with Crippen LogP contribution in [0.5, 0.6) is 0 Å². The molecule has 0 saturated carbocycles. The van der Waals surface area contributed by atoms with Gasteiger partial charge in [0, 0.05) is 24.3 Å². The molecule has 0 bridgehead atoms. The number of amides is 2. The van der Waals surface area contributed by atoms with Crippen LogP contribution in [-0.4, -0.2) is 16.0 Å². The van der Waals surface area contributed by atoms with Gasteiger partial charge in [0.2, 0.25) is 0 Å². The lowest BCUT2D eigenvalue weighted by atomic mass is 10.0. The first-order chi connectivity index (χ1) is 12.1. The van der Waals surface area contributed by atoms with Gasteiger partial charge in [-0.2, -0.15) is 0 Å². The van der Waals surface area contributed by atoms with Crippen molar-refractivity contribution in [2.24, 2.45) is 5.92 Å². The highest BCUT2D eigenvalue weighted by atomic mass is 32.1. The molecule has 25 heavy (non-hydrogen) atoms. The molecule has 0 spiro atoms. The Kier molecular flexibility index (Phi) is 5.40. The molecule has 0 unspecified atom stereocenters. The van der Waals surface area contributed by atoms with Crippen LogP contribution < -0.4 is 10.6 Å². The number of pyridine rings is 1. The average Bonchev–Trinajstić information content (AvgIpc) is 3.05. The molecule has 0 fully saturated rings. The molecule has 0 aliphatic rings. The molecule has 3 aromatic rings. The van der Waals surface area contributed by atoms with Gasteiger partial charge in [0.25, 0.3) is 0 Å². The van der Waals surface area contributed by atoms with Gasteiger partial charge in [-0.25, -0.2) is 9.78 Å². The topological polar surface area (TPSA) is 66.9 Å². The Morgan fingerprint density at radius 1 is 1.08 bits per heavy atom. The van der Waals surface area contributed by atoms with Gasteiger partial charge in [-0.15, -0.1) is 0 Å². The molecule has 0 aliphatic carbocycles. The van der Waals surface area contributed by atoms with Crippen molar-refractivity contribution < 1.29 is 4.79 Å². The number of anilines is 2. The van der Waals surface area contributed by atoms with E-state index in [1.54, 1.807) is 18.6 Å². The van der Waals surface area contributed by atoms with Crippen molar-refractivity contribution in [3.8, 4) is 10.4 Å². The lowest BCUT2D eigenvalue weighted by Gasteiger charge is -2.08. The first-order valence-electron chi connectivity index (χ1n) is 8.13. The highest BCUT2D eigenvalue weighted by molar-refractivity contribution is 7.19. The molecule has 0 radical (unpaired) electrons. The molecule has 128 valence electrons. The maximum Gasteiger partial charge on any atom is 0.325 e. The van der Waals surface area contributed by atoms with Crippen LogP contribution in [0.4, 0.5) is 15.6 Å². The van der Waals surface area contributed by atoms with Crippen LogP contribution in [0.3, 0.4) is 0 Å². The Morgan fingerprint density at radius 3 is 2.48 bits per heavy atom. The van der Waals surface area contributed by atoms with Crippen LogP contribution in [-0.2, 0) is 6.42 Å². The standard InChI is InChI=1S/C19H20N4OS/c1-13(2)11-14-3-5-16(6-4-14)22-18(24)23-19-21-12-17(25-19)15-7-9-20-10-8-15/h3-10,12-13H,11H2,1-2H3,(H2,21,22,23,24). The summed E-state index contributed by atoms with van der Waals surface area (Å²) >= 11 is 1.42. The monoisotopic (exact) mass is 352 g/mol. The van der Waals surface area contributed by atoms with E-state index in [2.05, 4.69) is 34.4 Å². The highest BCUT2D eigenvalue weighted by Crippen LogP contribution is 2.28. The van der Waals surface area contributed by atoms with Gasteiger partial charge in [0.15, 0.2) is 5.13 Å². The third kappa shape index (κ3) is 4.87. The molecule has 6 heteroatoms. The molecular weight excluding hydrogens is 332 g/mol. The van der Waals surface area contributed by atoms with Crippen molar-refractivity contribution in [3.63, 3.8) is 0 Å². The number of rotatable bonds is 5. The van der Waals surface area contributed by atoms with Crippen molar-refractivity contribution in [2.75, 3.05) is 10.6 Å². The number of urea groups is 1. The number of aromatic nitrogens is 2. The Labute approximate surface area is 151 Å². The average molecular weight is 352 g/mol. The number of carbonyl (C=O) groups is 1. The molecule has 2 amide bonds. The lowest BCUT2D eigenvalue weighted by Crippen LogP contribution is -2.19. The molecular formula is C19H20N4OS. The summed E-state index contributed by atoms with van der Waals surface area (Å²) in [6, 6.07) is 11.4. The van der Waals surface area contributed by atoms with Gasteiger partial charge in [0.05, 0.1) is 4.88 Å². The lowest BCUT2D eigenvalue weighted by molar-refractivity contribution is 0.262. The molecule has 3 rings (SSSR count). The van der Waals surface area contributed by atoms with E-state index in [9.17, 15) is 4.79 Å². The van der Waals surface area contributed by atoms with E-state index >= 15 is 0 Å². The molecule has 2 heterocycles. The fraction of sp³-hybridized carbons (Fsp3) is 0.211. The molecule has 0 aliphatic heterocycles. The molecule has 0 saturated heterocycles. The van der Waals surface area contributed by atoms with Crippen molar-refractivity contribution in [1.29, 1.82) is 0 Å². The Hall–Kier alpha value is -2.73. The van der Waals surface area contributed by atoms with E-state index in [4.69, 9.17) is 0 Å². The van der Waals surface area contributed by atoms with E-state index in [1.165, 1.54) is 16.9 Å². The summed E-state index contributed by atoms with van der Waals surface area (Å²) in [6.07, 6.45) is 6.25. The minimum atomic E-state index is -0.299. The SMILES string of the molecule is CC(C)Cc1ccc(NC(=O)Nc2ncc(-c3ccncc3)s2)cc1. The predicted molar refractivity (Wildman–Crippen MR) is 103 cm³/mol. The number of nitrogens with zero attached hydrogens (tertiary/aromatic N) is 2. The predicted octanol–water partition coefficient (Wildman–Crippen LogP) is 5.05. The van der Waals surface area contributed by atoms with Crippen LogP contribution in [0.2, 0.25) is 0 Å². The van der Waals surface area contributed by atoms with Gasteiger partial charge in [-0.3, -0.25) is 10.3 Å². The van der Waals surface area contributed by atoms with Gasteiger partial charge < -0.3 is 5.32 Å². The maximum atomic E-state index is 12.1. The van der Waals surface area contributed by atoms with Crippen LogP contribution in [0, 0.1) is 5.92 Å². The zero-order valence-electron chi connectivity index (χ0n) is 14.2. The van der Waals surface area contributed by atoms with E-state index in [-0.39, 0.29) is 6.03 Å². The molecule has 2 N–H and O–H groups in total. The van der Waals surface area contributed by atoms with Crippen LogP contribution in [0.15, 0.2) is 55.0 Å². The number of carbonyl (C=O) groups excluding carboxylic acids is 1. The fourth-order valence-corrected chi connectivity index (χ4v) is 3.25. The number of benzene rings is 1. The summed E-state index contributed by atoms with van der Waals surface area (Å²) in [5, 5.41) is 6.15. The third-order valence-corrected chi connectivity index (χ3v) is 4.51. The summed E-state index contributed by atoms with van der Waals surface area (Å²) in [4.78, 5) is 21.4. The van der Waals surface area contributed by atoms with E-state index in [0.717, 1.165) is 22.5 Å². The Bertz CT molecular complexity index is 828. The Morgan fingerprint density at radius 2 is 1.80 bits per heavy atom. The number of thiazole rings is 1. The smallest absolute Gasteiger partial charge is 0.308 e. The van der Waals surface area contributed by atoms with E-state index < -0.39 is 0 Å². The normalized spacial score (nSPS) is 10.7. The number of hydrogen-bond donors (Lipinski definition) is 2. The summed E-state index contributed by atoms with van der Waals surface area (Å²) in [7, 11) is 0.